The minimum atomic E-state index is 0.383. The first-order chi connectivity index (χ1) is 10.3. The van der Waals surface area contributed by atoms with Crippen molar-refractivity contribution in [2.75, 3.05) is 18.0 Å². The number of nitrogens with zero attached hydrogens (tertiary/aromatic N) is 1. The van der Waals surface area contributed by atoms with E-state index in [4.69, 9.17) is 0 Å². The summed E-state index contributed by atoms with van der Waals surface area (Å²) in [7, 11) is 0. The Balaban J connectivity index is 1.93. The van der Waals surface area contributed by atoms with Gasteiger partial charge in [0.15, 0.2) is 0 Å². The molecule has 1 unspecified atom stereocenters. The zero-order chi connectivity index (χ0) is 14.7. The zero-order valence-electron chi connectivity index (χ0n) is 13.0. The van der Waals surface area contributed by atoms with E-state index in [0.717, 1.165) is 19.5 Å². The van der Waals surface area contributed by atoms with Crippen LogP contribution in [0.5, 0.6) is 0 Å². The molecular formula is C19H24N2. The van der Waals surface area contributed by atoms with Crippen LogP contribution < -0.4 is 10.2 Å². The lowest BCUT2D eigenvalue weighted by molar-refractivity contribution is 0.570. The van der Waals surface area contributed by atoms with E-state index < -0.39 is 0 Å². The molecule has 2 aromatic carbocycles. The molecule has 0 fully saturated rings. The van der Waals surface area contributed by atoms with E-state index in [0.29, 0.717) is 6.04 Å². The maximum Gasteiger partial charge on any atom is 0.0459 e. The number of anilines is 2. The molecule has 21 heavy (non-hydrogen) atoms. The van der Waals surface area contributed by atoms with Crippen LogP contribution in [0, 0.1) is 0 Å². The molecule has 2 heteroatoms. The van der Waals surface area contributed by atoms with E-state index in [1.807, 2.05) is 0 Å². The minimum absolute atomic E-state index is 0.383. The largest absolute Gasteiger partial charge is 0.341 e. The Morgan fingerprint density at radius 2 is 1.76 bits per heavy atom. The Hall–Kier alpha value is -1.80. The third kappa shape index (κ3) is 2.81. The van der Waals surface area contributed by atoms with Gasteiger partial charge in [-0.1, -0.05) is 43.3 Å². The predicted octanol–water partition coefficient (Wildman–Crippen LogP) is 4.44. The molecule has 1 aliphatic heterocycles. The number of benzene rings is 2. The Bertz CT molecular complexity index is 606. The Labute approximate surface area is 127 Å². The number of hydrogen-bond acceptors (Lipinski definition) is 2. The highest BCUT2D eigenvalue weighted by atomic mass is 15.2. The van der Waals surface area contributed by atoms with Crippen molar-refractivity contribution in [3.05, 3.63) is 59.7 Å². The van der Waals surface area contributed by atoms with Crippen LogP contribution in [0.3, 0.4) is 0 Å². The number of hydrogen-bond donors (Lipinski definition) is 1. The van der Waals surface area contributed by atoms with Gasteiger partial charge in [-0.15, -0.1) is 0 Å². The van der Waals surface area contributed by atoms with Crippen molar-refractivity contribution in [3.8, 4) is 0 Å². The van der Waals surface area contributed by atoms with Gasteiger partial charge in [-0.2, -0.15) is 0 Å². The molecule has 0 saturated carbocycles. The van der Waals surface area contributed by atoms with Crippen molar-refractivity contribution in [1.82, 2.24) is 5.32 Å². The molecule has 0 amide bonds. The van der Waals surface area contributed by atoms with Crippen LogP contribution >= 0.6 is 0 Å². The molecule has 0 spiro atoms. The average molecular weight is 280 g/mol. The highest BCUT2D eigenvalue weighted by Crippen LogP contribution is 2.37. The molecule has 0 aromatic heterocycles. The van der Waals surface area contributed by atoms with Crippen LogP contribution in [0.1, 0.15) is 37.4 Å². The minimum Gasteiger partial charge on any atom is -0.341 e. The van der Waals surface area contributed by atoms with Gasteiger partial charge >= 0.3 is 0 Å². The summed E-state index contributed by atoms with van der Waals surface area (Å²) in [5.41, 5.74) is 5.57. The topological polar surface area (TPSA) is 15.3 Å². The standard InChI is InChI=1S/C19H24N2/c1-3-13-20-15(2)17-9-5-7-11-19(17)21-14-12-16-8-4-6-10-18(16)21/h4-11,15,20H,3,12-14H2,1-2H3. The lowest BCUT2D eigenvalue weighted by Gasteiger charge is -2.26. The first-order valence-corrected chi connectivity index (χ1v) is 7.99. The summed E-state index contributed by atoms with van der Waals surface area (Å²) in [6.07, 6.45) is 2.31. The third-order valence-corrected chi connectivity index (χ3v) is 4.28. The van der Waals surface area contributed by atoms with Gasteiger partial charge < -0.3 is 10.2 Å². The SMILES string of the molecule is CCCNC(C)c1ccccc1N1CCc2ccccc21. The second-order valence-corrected chi connectivity index (χ2v) is 5.76. The fourth-order valence-electron chi connectivity index (χ4n) is 3.16. The zero-order valence-corrected chi connectivity index (χ0v) is 13.0. The highest BCUT2D eigenvalue weighted by Gasteiger charge is 2.22. The molecule has 3 rings (SSSR count). The number of para-hydroxylation sites is 2. The normalized spacial score (nSPS) is 15.0. The van der Waals surface area contributed by atoms with E-state index in [2.05, 4.69) is 72.6 Å². The lowest BCUT2D eigenvalue weighted by Crippen LogP contribution is -2.23. The first kappa shape index (κ1) is 14.2. The van der Waals surface area contributed by atoms with Gasteiger partial charge in [0.25, 0.3) is 0 Å². The molecule has 2 nitrogen and oxygen atoms in total. The molecule has 1 atom stereocenters. The molecule has 0 bridgehead atoms. The lowest BCUT2D eigenvalue weighted by atomic mass is 10.0. The number of rotatable bonds is 5. The van der Waals surface area contributed by atoms with Crippen LogP contribution in [-0.2, 0) is 6.42 Å². The molecule has 110 valence electrons. The summed E-state index contributed by atoms with van der Waals surface area (Å²) in [5, 5.41) is 3.61. The van der Waals surface area contributed by atoms with E-state index in [1.165, 1.54) is 28.9 Å². The van der Waals surface area contributed by atoms with Gasteiger partial charge in [0, 0.05) is 24.0 Å². The summed E-state index contributed by atoms with van der Waals surface area (Å²) in [6.45, 7) is 6.61. The van der Waals surface area contributed by atoms with Crippen molar-refractivity contribution >= 4 is 11.4 Å². The summed E-state index contributed by atoms with van der Waals surface area (Å²) >= 11 is 0. The molecule has 0 aliphatic carbocycles. The van der Waals surface area contributed by atoms with Crippen LogP contribution in [0.15, 0.2) is 48.5 Å². The Morgan fingerprint density at radius 3 is 2.57 bits per heavy atom. The first-order valence-electron chi connectivity index (χ1n) is 7.99. The van der Waals surface area contributed by atoms with Crippen molar-refractivity contribution in [3.63, 3.8) is 0 Å². The Kier molecular flexibility index (Phi) is 4.26. The molecule has 1 aliphatic rings. The molecule has 0 saturated heterocycles. The number of nitrogens with one attached hydrogen (secondary N) is 1. The quantitative estimate of drug-likeness (QED) is 0.871. The van der Waals surface area contributed by atoms with Gasteiger partial charge in [-0.05, 0) is 49.6 Å². The van der Waals surface area contributed by atoms with Crippen molar-refractivity contribution in [1.29, 1.82) is 0 Å². The van der Waals surface area contributed by atoms with Gasteiger partial charge in [0.05, 0.1) is 0 Å². The maximum atomic E-state index is 3.61. The summed E-state index contributed by atoms with van der Waals surface area (Å²) < 4.78 is 0. The third-order valence-electron chi connectivity index (χ3n) is 4.28. The van der Waals surface area contributed by atoms with Gasteiger partial charge in [-0.25, -0.2) is 0 Å². The molecule has 1 N–H and O–H groups in total. The number of fused-ring (bicyclic) bond motifs is 1. The fourth-order valence-corrected chi connectivity index (χ4v) is 3.16. The van der Waals surface area contributed by atoms with Gasteiger partial charge in [0.2, 0.25) is 0 Å². The molecule has 1 heterocycles. The van der Waals surface area contributed by atoms with E-state index in [1.54, 1.807) is 0 Å². The predicted molar refractivity (Wildman–Crippen MR) is 90.3 cm³/mol. The maximum absolute atomic E-state index is 3.61. The molecular weight excluding hydrogens is 256 g/mol. The fraction of sp³-hybridized carbons (Fsp3) is 0.368. The van der Waals surface area contributed by atoms with Gasteiger partial charge in [0.1, 0.15) is 0 Å². The summed E-state index contributed by atoms with van der Waals surface area (Å²) in [5.74, 6) is 0. The van der Waals surface area contributed by atoms with E-state index >= 15 is 0 Å². The highest BCUT2D eigenvalue weighted by molar-refractivity contribution is 5.72. The second kappa shape index (κ2) is 6.31. The van der Waals surface area contributed by atoms with Crippen LogP contribution in [0.25, 0.3) is 0 Å². The smallest absolute Gasteiger partial charge is 0.0459 e. The monoisotopic (exact) mass is 280 g/mol. The van der Waals surface area contributed by atoms with Crippen molar-refractivity contribution in [2.24, 2.45) is 0 Å². The van der Waals surface area contributed by atoms with E-state index in [9.17, 15) is 0 Å². The Morgan fingerprint density at radius 1 is 1.05 bits per heavy atom. The second-order valence-electron chi connectivity index (χ2n) is 5.76. The summed E-state index contributed by atoms with van der Waals surface area (Å²) in [4.78, 5) is 2.47. The van der Waals surface area contributed by atoms with Crippen molar-refractivity contribution in [2.45, 2.75) is 32.7 Å². The molecule has 0 radical (unpaired) electrons. The van der Waals surface area contributed by atoms with E-state index in [-0.39, 0.29) is 0 Å². The van der Waals surface area contributed by atoms with Crippen molar-refractivity contribution < 1.29 is 0 Å². The van der Waals surface area contributed by atoms with Crippen LogP contribution in [0.4, 0.5) is 11.4 Å². The van der Waals surface area contributed by atoms with Crippen LogP contribution in [-0.4, -0.2) is 13.1 Å². The van der Waals surface area contributed by atoms with Gasteiger partial charge in [-0.3, -0.25) is 0 Å². The van der Waals surface area contributed by atoms with Crippen LogP contribution in [0.2, 0.25) is 0 Å². The molecule has 2 aromatic rings. The summed E-state index contributed by atoms with van der Waals surface area (Å²) in [6, 6.07) is 17.9. The average Bonchev–Trinajstić information content (AvgIpc) is 2.96.